The van der Waals surface area contributed by atoms with Gasteiger partial charge in [-0.15, -0.1) is 24.0 Å². The van der Waals surface area contributed by atoms with E-state index in [2.05, 4.69) is 59.8 Å². The van der Waals surface area contributed by atoms with Crippen molar-refractivity contribution < 1.29 is 9.47 Å². The molecule has 0 aliphatic carbocycles. The number of benzene rings is 2. The third-order valence-corrected chi connectivity index (χ3v) is 4.04. The van der Waals surface area contributed by atoms with Crippen LogP contribution in [0.15, 0.2) is 47.5 Å². The SMILES string of the molecule is CCNC(=NCc1ccc(C)cc1)NCCc1ccc(OC)c(OC)c1.I. The van der Waals surface area contributed by atoms with Crippen LogP contribution in [0.25, 0.3) is 0 Å². The van der Waals surface area contributed by atoms with Crippen LogP contribution in [0.5, 0.6) is 11.5 Å². The Morgan fingerprint density at radius 3 is 2.22 bits per heavy atom. The molecule has 0 saturated carbocycles. The third-order valence-electron chi connectivity index (χ3n) is 4.04. The maximum absolute atomic E-state index is 5.36. The van der Waals surface area contributed by atoms with E-state index in [9.17, 15) is 0 Å². The molecule has 2 N–H and O–H groups in total. The smallest absolute Gasteiger partial charge is 0.191 e. The van der Waals surface area contributed by atoms with Crippen LogP contribution >= 0.6 is 24.0 Å². The summed E-state index contributed by atoms with van der Waals surface area (Å²) in [4.78, 5) is 4.66. The summed E-state index contributed by atoms with van der Waals surface area (Å²) >= 11 is 0. The molecule has 0 aliphatic heterocycles. The van der Waals surface area contributed by atoms with Gasteiger partial charge in [-0.1, -0.05) is 35.9 Å². The van der Waals surface area contributed by atoms with E-state index in [0.717, 1.165) is 37.0 Å². The van der Waals surface area contributed by atoms with Crippen molar-refractivity contribution in [2.45, 2.75) is 26.8 Å². The minimum absolute atomic E-state index is 0. The zero-order valence-corrected chi connectivity index (χ0v) is 18.9. The van der Waals surface area contributed by atoms with Gasteiger partial charge in [0.1, 0.15) is 0 Å². The predicted molar refractivity (Wildman–Crippen MR) is 123 cm³/mol. The van der Waals surface area contributed by atoms with Gasteiger partial charge in [-0.25, -0.2) is 4.99 Å². The lowest BCUT2D eigenvalue weighted by atomic mass is 10.1. The van der Waals surface area contributed by atoms with Gasteiger partial charge in [0.25, 0.3) is 0 Å². The number of ether oxygens (including phenoxy) is 2. The van der Waals surface area contributed by atoms with E-state index in [1.54, 1.807) is 14.2 Å². The minimum atomic E-state index is 0. The predicted octanol–water partition coefficient (Wildman–Crippen LogP) is 3.93. The van der Waals surface area contributed by atoms with Crippen LogP contribution < -0.4 is 20.1 Å². The summed E-state index contributed by atoms with van der Waals surface area (Å²) in [5, 5.41) is 6.67. The van der Waals surface area contributed by atoms with Gasteiger partial charge in [0.15, 0.2) is 17.5 Å². The Bertz CT molecular complexity index is 718. The molecule has 0 amide bonds. The summed E-state index contributed by atoms with van der Waals surface area (Å²) in [5.74, 6) is 2.33. The summed E-state index contributed by atoms with van der Waals surface area (Å²) in [5.41, 5.74) is 3.65. The van der Waals surface area contributed by atoms with Crippen LogP contribution in [0.2, 0.25) is 0 Å². The molecule has 6 heteroatoms. The van der Waals surface area contributed by atoms with E-state index in [4.69, 9.17) is 9.47 Å². The van der Waals surface area contributed by atoms with Gasteiger partial charge in [0, 0.05) is 13.1 Å². The quantitative estimate of drug-likeness (QED) is 0.340. The van der Waals surface area contributed by atoms with Crippen molar-refractivity contribution in [3.05, 3.63) is 59.2 Å². The maximum atomic E-state index is 5.36. The number of hydrogen-bond acceptors (Lipinski definition) is 3. The third kappa shape index (κ3) is 7.66. The van der Waals surface area contributed by atoms with Gasteiger partial charge in [-0.05, 0) is 43.5 Å². The fourth-order valence-electron chi connectivity index (χ4n) is 2.57. The van der Waals surface area contributed by atoms with E-state index in [-0.39, 0.29) is 24.0 Å². The van der Waals surface area contributed by atoms with Gasteiger partial charge in [0.2, 0.25) is 0 Å². The fraction of sp³-hybridized carbons (Fsp3) is 0.381. The van der Waals surface area contributed by atoms with E-state index in [0.29, 0.717) is 6.54 Å². The molecule has 2 rings (SSSR count). The van der Waals surface area contributed by atoms with Crippen molar-refractivity contribution in [1.82, 2.24) is 10.6 Å². The second kappa shape index (κ2) is 12.4. The number of methoxy groups -OCH3 is 2. The Hall–Kier alpha value is -1.96. The number of hydrogen-bond donors (Lipinski definition) is 2. The van der Waals surface area contributed by atoms with Gasteiger partial charge in [-0.3, -0.25) is 0 Å². The Kier molecular flexibility index (Phi) is 10.6. The van der Waals surface area contributed by atoms with Crippen molar-refractivity contribution in [3.63, 3.8) is 0 Å². The highest BCUT2D eigenvalue weighted by molar-refractivity contribution is 14.0. The Labute approximate surface area is 179 Å². The van der Waals surface area contributed by atoms with Gasteiger partial charge in [0.05, 0.1) is 20.8 Å². The molecule has 2 aromatic rings. The molecule has 0 aliphatic rings. The van der Waals surface area contributed by atoms with Crippen molar-refractivity contribution in [1.29, 1.82) is 0 Å². The minimum Gasteiger partial charge on any atom is -0.493 e. The molecule has 5 nitrogen and oxygen atoms in total. The average Bonchev–Trinajstić information content (AvgIpc) is 2.67. The molecule has 0 spiro atoms. The molecule has 27 heavy (non-hydrogen) atoms. The molecule has 0 radical (unpaired) electrons. The van der Waals surface area contributed by atoms with E-state index in [1.165, 1.54) is 16.7 Å². The summed E-state index contributed by atoms with van der Waals surface area (Å²) < 4.78 is 10.6. The first-order chi connectivity index (χ1) is 12.7. The Morgan fingerprint density at radius 2 is 1.59 bits per heavy atom. The van der Waals surface area contributed by atoms with Crippen LogP contribution in [0.4, 0.5) is 0 Å². The lowest BCUT2D eigenvalue weighted by Gasteiger charge is -2.13. The number of halogens is 1. The van der Waals surface area contributed by atoms with E-state index < -0.39 is 0 Å². The van der Waals surface area contributed by atoms with Crippen LogP contribution in [-0.2, 0) is 13.0 Å². The first-order valence-electron chi connectivity index (χ1n) is 8.95. The zero-order chi connectivity index (χ0) is 18.8. The van der Waals surface area contributed by atoms with Gasteiger partial charge in [-0.2, -0.15) is 0 Å². The standard InChI is InChI=1S/C21H29N3O2.HI/c1-5-22-21(24-15-18-8-6-16(2)7-9-18)23-13-12-17-10-11-19(25-3)20(14-17)26-4;/h6-11,14H,5,12-13,15H2,1-4H3,(H2,22,23,24);1H. The van der Waals surface area contributed by atoms with Gasteiger partial charge < -0.3 is 20.1 Å². The second-order valence-corrected chi connectivity index (χ2v) is 6.05. The monoisotopic (exact) mass is 483 g/mol. The van der Waals surface area contributed by atoms with E-state index >= 15 is 0 Å². The fourth-order valence-corrected chi connectivity index (χ4v) is 2.57. The summed E-state index contributed by atoms with van der Waals surface area (Å²) in [6, 6.07) is 14.5. The molecule has 0 unspecified atom stereocenters. The normalized spacial score (nSPS) is 10.7. The number of rotatable bonds is 8. The van der Waals surface area contributed by atoms with Crippen LogP contribution in [0.3, 0.4) is 0 Å². The molecular formula is C21H30IN3O2. The van der Waals surface area contributed by atoms with Crippen molar-refractivity contribution in [2.75, 3.05) is 27.3 Å². The van der Waals surface area contributed by atoms with Crippen LogP contribution in [-0.4, -0.2) is 33.3 Å². The number of guanidine groups is 1. The van der Waals surface area contributed by atoms with Crippen molar-refractivity contribution in [3.8, 4) is 11.5 Å². The molecule has 0 heterocycles. The average molecular weight is 483 g/mol. The number of aryl methyl sites for hydroxylation is 1. The lowest BCUT2D eigenvalue weighted by molar-refractivity contribution is 0.354. The number of aliphatic imine (C=N–C) groups is 1. The molecule has 0 fully saturated rings. The summed E-state index contributed by atoms with van der Waals surface area (Å²) in [7, 11) is 3.30. The summed E-state index contributed by atoms with van der Waals surface area (Å²) in [6.45, 7) is 6.43. The molecule has 0 aromatic heterocycles. The molecular weight excluding hydrogens is 453 g/mol. The Balaban J connectivity index is 0.00000364. The number of nitrogens with one attached hydrogen (secondary N) is 2. The molecule has 0 atom stereocenters. The van der Waals surface area contributed by atoms with E-state index in [1.807, 2.05) is 12.1 Å². The number of nitrogens with zero attached hydrogens (tertiary/aromatic N) is 1. The molecule has 2 aromatic carbocycles. The lowest BCUT2D eigenvalue weighted by Crippen LogP contribution is -2.38. The van der Waals surface area contributed by atoms with Gasteiger partial charge >= 0.3 is 0 Å². The molecule has 148 valence electrons. The second-order valence-electron chi connectivity index (χ2n) is 6.05. The van der Waals surface area contributed by atoms with Crippen molar-refractivity contribution in [2.24, 2.45) is 4.99 Å². The first-order valence-corrected chi connectivity index (χ1v) is 8.95. The van der Waals surface area contributed by atoms with Crippen molar-refractivity contribution >= 4 is 29.9 Å². The summed E-state index contributed by atoms with van der Waals surface area (Å²) in [6.07, 6.45) is 0.870. The molecule has 0 bridgehead atoms. The largest absolute Gasteiger partial charge is 0.493 e. The van der Waals surface area contributed by atoms with Crippen LogP contribution in [0, 0.1) is 6.92 Å². The Morgan fingerprint density at radius 1 is 0.926 bits per heavy atom. The zero-order valence-electron chi connectivity index (χ0n) is 16.5. The maximum Gasteiger partial charge on any atom is 0.191 e. The first kappa shape index (κ1) is 23.1. The highest BCUT2D eigenvalue weighted by atomic mass is 127. The highest BCUT2D eigenvalue weighted by Gasteiger charge is 2.05. The van der Waals surface area contributed by atoms with Crippen LogP contribution in [0.1, 0.15) is 23.6 Å². The molecule has 0 saturated heterocycles. The highest BCUT2D eigenvalue weighted by Crippen LogP contribution is 2.27. The topological polar surface area (TPSA) is 54.9 Å².